The van der Waals surface area contributed by atoms with Crippen LogP contribution in [0.15, 0.2) is 30.6 Å². The van der Waals surface area contributed by atoms with Crippen molar-refractivity contribution in [1.82, 2.24) is 14.7 Å². The zero-order valence-corrected chi connectivity index (χ0v) is 9.05. The van der Waals surface area contributed by atoms with Crippen LogP contribution in [-0.2, 0) is 4.79 Å². The van der Waals surface area contributed by atoms with Crippen LogP contribution in [0.5, 0.6) is 0 Å². The Morgan fingerprint density at radius 2 is 2.38 bits per heavy atom. The Morgan fingerprint density at radius 1 is 1.50 bits per heavy atom. The molecule has 0 aliphatic carbocycles. The quantitative estimate of drug-likeness (QED) is 0.780. The minimum atomic E-state index is 0.120. The lowest BCUT2D eigenvalue weighted by molar-refractivity contribution is -0.119. The van der Waals surface area contributed by atoms with E-state index in [0.29, 0.717) is 6.42 Å². The molecule has 4 nitrogen and oxygen atoms in total. The topological polar surface area (TPSA) is 46.4 Å². The number of hydrogen-bond acceptors (Lipinski definition) is 2. The molecule has 0 aromatic carbocycles. The van der Waals surface area contributed by atoms with Gasteiger partial charge in [-0.3, -0.25) is 4.79 Å². The number of nitrogens with zero attached hydrogens (tertiary/aromatic N) is 2. The number of hydrogen-bond donors (Lipinski definition) is 1. The first kappa shape index (κ1) is 9.39. The maximum atomic E-state index is 11.3. The average Bonchev–Trinajstić information content (AvgIpc) is 2.81. The lowest BCUT2D eigenvalue weighted by Gasteiger charge is -2.10. The van der Waals surface area contributed by atoms with Crippen molar-refractivity contribution in [3.05, 3.63) is 36.3 Å². The van der Waals surface area contributed by atoms with Gasteiger partial charge in [0.2, 0.25) is 5.91 Å². The molecule has 1 N–H and O–H groups in total. The number of rotatable bonds is 1. The second-order valence-corrected chi connectivity index (χ2v) is 4.30. The van der Waals surface area contributed by atoms with E-state index in [-0.39, 0.29) is 17.9 Å². The molecule has 0 spiro atoms. The van der Waals surface area contributed by atoms with E-state index < -0.39 is 0 Å². The summed E-state index contributed by atoms with van der Waals surface area (Å²) >= 11 is 0. The number of nitrogens with one attached hydrogen (secondary N) is 1. The zero-order chi connectivity index (χ0) is 11.1. The number of imidazole rings is 1. The van der Waals surface area contributed by atoms with Gasteiger partial charge in [-0.2, -0.15) is 0 Å². The Kier molecular flexibility index (Phi) is 1.96. The molecule has 2 aromatic heterocycles. The predicted octanol–water partition coefficient (Wildman–Crippen LogP) is 1.33. The molecule has 1 saturated heterocycles. The van der Waals surface area contributed by atoms with Gasteiger partial charge in [-0.1, -0.05) is 6.07 Å². The van der Waals surface area contributed by atoms with Gasteiger partial charge in [-0.05, 0) is 19.1 Å². The van der Waals surface area contributed by atoms with E-state index in [9.17, 15) is 4.79 Å². The Morgan fingerprint density at radius 3 is 3.06 bits per heavy atom. The molecule has 0 radical (unpaired) electrons. The number of pyridine rings is 1. The van der Waals surface area contributed by atoms with Crippen molar-refractivity contribution in [3.63, 3.8) is 0 Å². The molecule has 1 aliphatic heterocycles. The fourth-order valence-corrected chi connectivity index (χ4v) is 2.28. The summed E-state index contributed by atoms with van der Waals surface area (Å²) < 4.78 is 1.99. The van der Waals surface area contributed by atoms with Crippen molar-refractivity contribution in [2.24, 2.45) is 0 Å². The van der Waals surface area contributed by atoms with Crippen LogP contribution in [0.1, 0.15) is 25.0 Å². The second kappa shape index (κ2) is 3.33. The van der Waals surface area contributed by atoms with Gasteiger partial charge >= 0.3 is 0 Å². The van der Waals surface area contributed by atoms with E-state index in [1.165, 1.54) is 0 Å². The van der Waals surface area contributed by atoms with Crippen molar-refractivity contribution in [2.45, 2.75) is 25.3 Å². The highest BCUT2D eigenvalue weighted by atomic mass is 16.1. The van der Waals surface area contributed by atoms with Crippen LogP contribution in [0.25, 0.3) is 5.65 Å². The van der Waals surface area contributed by atoms with Gasteiger partial charge in [0.1, 0.15) is 5.65 Å². The Labute approximate surface area is 93.3 Å². The Hall–Kier alpha value is -1.84. The summed E-state index contributed by atoms with van der Waals surface area (Å²) in [6, 6.07) is 6.09. The molecular weight excluding hydrogens is 202 g/mol. The van der Waals surface area contributed by atoms with E-state index in [1.54, 1.807) is 0 Å². The van der Waals surface area contributed by atoms with Gasteiger partial charge in [0.05, 0.1) is 5.69 Å². The first-order valence-electron chi connectivity index (χ1n) is 5.47. The van der Waals surface area contributed by atoms with Gasteiger partial charge in [-0.15, -0.1) is 0 Å². The fraction of sp³-hybridized carbons (Fsp3) is 0.333. The zero-order valence-electron chi connectivity index (χ0n) is 9.05. The van der Waals surface area contributed by atoms with Crippen molar-refractivity contribution in [2.75, 3.05) is 0 Å². The van der Waals surface area contributed by atoms with Gasteiger partial charge in [0.25, 0.3) is 0 Å². The highest BCUT2D eigenvalue weighted by Gasteiger charge is 2.31. The monoisotopic (exact) mass is 215 g/mol. The van der Waals surface area contributed by atoms with Crippen LogP contribution >= 0.6 is 0 Å². The van der Waals surface area contributed by atoms with Gasteiger partial charge in [0, 0.05) is 30.8 Å². The smallest absolute Gasteiger partial charge is 0.220 e. The summed E-state index contributed by atoms with van der Waals surface area (Å²) in [6.45, 7) is 2.03. The summed E-state index contributed by atoms with van der Waals surface area (Å²) in [5, 5.41) is 2.92. The van der Waals surface area contributed by atoms with Crippen molar-refractivity contribution in [3.8, 4) is 0 Å². The predicted molar refractivity (Wildman–Crippen MR) is 60.2 cm³/mol. The normalized spacial score (nSPS) is 24.9. The van der Waals surface area contributed by atoms with E-state index in [1.807, 2.05) is 41.9 Å². The number of carbonyl (C=O) groups excluding carboxylic acids is 1. The van der Waals surface area contributed by atoms with Crippen molar-refractivity contribution >= 4 is 11.6 Å². The van der Waals surface area contributed by atoms with E-state index in [2.05, 4.69) is 10.3 Å². The van der Waals surface area contributed by atoms with Crippen LogP contribution in [0.2, 0.25) is 0 Å². The molecule has 0 bridgehead atoms. The number of amides is 1. The molecule has 1 amide bonds. The molecule has 0 saturated carbocycles. The summed E-state index contributed by atoms with van der Waals surface area (Å²) in [7, 11) is 0. The minimum absolute atomic E-state index is 0.120. The Bertz CT molecular complexity index is 513. The molecule has 1 aliphatic rings. The molecule has 2 aromatic rings. The number of fused-ring (bicyclic) bond motifs is 1. The highest BCUT2D eigenvalue weighted by Crippen LogP contribution is 2.27. The number of carbonyl (C=O) groups is 1. The third-order valence-corrected chi connectivity index (χ3v) is 3.16. The molecule has 2 unspecified atom stereocenters. The summed E-state index contributed by atoms with van der Waals surface area (Å²) in [6.07, 6.45) is 4.53. The van der Waals surface area contributed by atoms with Crippen LogP contribution < -0.4 is 5.32 Å². The lowest BCUT2D eigenvalue weighted by atomic mass is 9.99. The lowest BCUT2D eigenvalue weighted by Crippen LogP contribution is -2.24. The van der Waals surface area contributed by atoms with Crippen LogP contribution in [0, 0.1) is 0 Å². The van der Waals surface area contributed by atoms with E-state index >= 15 is 0 Å². The molecular formula is C12H13N3O. The summed E-state index contributed by atoms with van der Waals surface area (Å²) in [4.78, 5) is 15.9. The van der Waals surface area contributed by atoms with Gasteiger partial charge < -0.3 is 9.72 Å². The Balaban J connectivity index is 2.03. The fourth-order valence-electron chi connectivity index (χ4n) is 2.28. The molecule has 3 heterocycles. The largest absolute Gasteiger partial charge is 0.353 e. The first-order valence-corrected chi connectivity index (χ1v) is 5.47. The third-order valence-electron chi connectivity index (χ3n) is 3.16. The molecule has 3 rings (SSSR count). The average molecular weight is 215 g/mol. The van der Waals surface area contributed by atoms with Crippen LogP contribution in [0.3, 0.4) is 0 Å². The van der Waals surface area contributed by atoms with Gasteiger partial charge in [-0.25, -0.2) is 4.98 Å². The van der Waals surface area contributed by atoms with Crippen molar-refractivity contribution in [1.29, 1.82) is 0 Å². The summed E-state index contributed by atoms with van der Waals surface area (Å²) in [5.41, 5.74) is 1.93. The second-order valence-electron chi connectivity index (χ2n) is 4.30. The third kappa shape index (κ3) is 1.38. The van der Waals surface area contributed by atoms with Gasteiger partial charge in [0.15, 0.2) is 0 Å². The first-order chi connectivity index (χ1) is 7.74. The standard InChI is InChI=1S/C12H13N3O/c1-8-9(6-12(16)13-8)10-7-15-5-3-2-4-11(15)14-10/h2-5,7-9H,6H2,1H3,(H,13,16). The summed E-state index contributed by atoms with van der Waals surface area (Å²) in [5.74, 6) is 0.321. The molecule has 2 atom stereocenters. The van der Waals surface area contributed by atoms with E-state index in [4.69, 9.17) is 0 Å². The highest BCUT2D eigenvalue weighted by molar-refractivity contribution is 5.80. The van der Waals surface area contributed by atoms with Crippen LogP contribution in [-0.4, -0.2) is 21.3 Å². The maximum Gasteiger partial charge on any atom is 0.220 e. The number of aromatic nitrogens is 2. The molecule has 4 heteroatoms. The molecule has 82 valence electrons. The SMILES string of the molecule is CC1NC(=O)CC1c1cn2ccccc2n1. The molecule has 16 heavy (non-hydrogen) atoms. The minimum Gasteiger partial charge on any atom is -0.353 e. The van der Waals surface area contributed by atoms with Crippen molar-refractivity contribution < 1.29 is 4.79 Å². The molecule has 1 fully saturated rings. The van der Waals surface area contributed by atoms with Crippen LogP contribution in [0.4, 0.5) is 0 Å². The maximum absolute atomic E-state index is 11.3. The van der Waals surface area contributed by atoms with E-state index in [0.717, 1.165) is 11.3 Å².